The summed E-state index contributed by atoms with van der Waals surface area (Å²) < 4.78 is 43.6. The lowest BCUT2D eigenvalue weighted by Gasteiger charge is -2.09. The van der Waals surface area contributed by atoms with Gasteiger partial charge in [-0.05, 0) is 67.1 Å². The number of carbonyl (C=O) groups is 2. The molecule has 0 aromatic heterocycles. The summed E-state index contributed by atoms with van der Waals surface area (Å²) in [6.45, 7) is 2.79. The molecular formula is C28H25F2NO5. The fourth-order valence-corrected chi connectivity index (χ4v) is 3.26. The number of ether oxygens (including phenoxy) is 3. The van der Waals surface area contributed by atoms with E-state index in [1.807, 2.05) is 0 Å². The Labute approximate surface area is 208 Å². The zero-order valence-electron chi connectivity index (χ0n) is 19.8. The summed E-state index contributed by atoms with van der Waals surface area (Å²) in [5, 5.41) is 8.72. The number of hydrogen-bond acceptors (Lipinski definition) is 6. The van der Waals surface area contributed by atoms with Crippen LogP contribution in [0.15, 0.2) is 60.7 Å². The van der Waals surface area contributed by atoms with Gasteiger partial charge in [0, 0.05) is 0 Å². The second kappa shape index (κ2) is 13.0. The molecule has 0 atom stereocenters. The number of benzene rings is 3. The molecule has 3 rings (SSSR count). The van der Waals surface area contributed by atoms with Crippen molar-refractivity contribution in [2.45, 2.75) is 39.0 Å². The number of esters is 2. The number of carbonyl (C=O) groups excluding carboxylic acids is 2. The van der Waals surface area contributed by atoms with Crippen LogP contribution in [-0.2, 0) is 0 Å². The number of nitrogens with zero attached hydrogens (tertiary/aromatic N) is 1. The Morgan fingerprint density at radius 3 is 1.94 bits per heavy atom. The van der Waals surface area contributed by atoms with Gasteiger partial charge in [0.25, 0.3) is 0 Å². The average molecular weight is 494 g/mol. The van der Waals surface area contributed by atoms with Crippen LogP contribution in [0.3, 0.4) is 0 Å². The van der Waals surface area contributed by atoms with Gasteiger partial charge in [0.05, 0.1) is 23.3 Å². The average Bonchev–Trinajstić information content (AvgIpc) is 2.89. The molecule has 0 heterocycles. The Morgan fingerprint density at radius 1 is 0.750 bits per heavy atom. The Kier molecular flexibility index (Phi) is 9.52. The van der Waals surface area contributed by atoms with Crippen molar-refractivity contribution in [3.63, 3.8) is 0 Å². The van der Waals surface area contributed by atoms with Gasteiger partial charge in [-0.2, -0.15) is 9.65 Å². The van der Waals surface area contributed by atoms with Gasteiger partial charge in [-0.3, -0.25) is 0 Å². The van der Waals surface area contributed by atoms with E-state index in [4.69, 9.17) is 19.5 Å². The zero-order valence-corrected chi connectivity index (χ0v) is 19.8. The largest absolute Gasteiger partial charge is 0.494 e. The number of unbranched alkanes of at least 4 members (excludes halogenated alkanes) is 4. The fraction of sp³-hybridized carbons (Fsp3) is 0.250. The van der Waals surface area contributed by atoms with Crippen LogP contribution in [0.1, 0.15) is 65.3 Å². The molecule has 0 aliphatic carbocycles. The normalized spacial score (nSPS) is 10.4. The first-order valence-corrected chi connectivity index (χ1v) is 11.6. The highest BCUT2D eigenvalue weighted by atomic mass is 19.2. The molecule has 3 aromatic carbocycles. The number of nitriles is 1. The molecule has 0 saturated carbocycles. The minimum absolute atomic E-state index is 0.0233. The molecule has 186 valence electrons. The third-order valence-corrected chi connectivity index (χ3v) is 5.28. The van der Waals surface area contributed by atoms with Crippen LogP contribution in [0, 0.1) is 23.0 Å². The van der Waals surface area contributed by atoms with Crippen molar-refractivity contribution >= 4 is 11.9 Å². The van der Waals surface area contributed by atoms with Crippen LogP contribution in [0.4, 0.5) is 8.78 Å². The lowest BCUT2D eigenvalue weighted by molar-refractivity contribution is 0.0724. The van der Waals surface area contributed by atoms with E-state index in [-0.39, 0.29) is 11.3 Å². The molecule has 0 bridgehead atoms. The Hall–Kier alpha value is -4.25. The van der Waals surface area contributed by atoms with Gasteiger partial charge in [-0.1, -0.05) is 32.6 Å². The van der Waals surface area contributed by atoms with Crippen LogP contribution < -0.4 is 14.2 Å². The fourth-order valence-electron chi connectivity index (χ4n) is 3.26. The highest BCUT2D eigenvalue weighted by molar-refractivity contribution is 5.92. The highest BCUT2D eigenvalue weighted by Crippen LogP contribution is 2.24. The quantitative estimate of drug-likeness (QED) is 0.169. The lowest BCUT2D eigenvalue weighted by atomic mass is 10.2. The number of halogens is 2. The van der Waals surface area contributed by atoms with E-state index in [0.717, 1.165) is 25.0 Å². The molecule has 0 amide bonds. The molecule has 0 fully saturated rings. The van der Waals surface area contributed by atoms with E-state index >= 15 is 0 Å². The van der Waals surface area contributed by atoms with Gasteiger partial charge in [0.1, 0.15) is 17.6 Å². The monoisotopic (exact) mass is 493 g/mol. The Morgan fingerprint density at radius 2 is 1.33 bits per heavy atom. The van der Waals surface area contributed by atoms with E-state index in [1.54, 1.807) is 24.3 Å². The van der Waals surface area contributed by atoms with E-state index in [9.17, 15) is 18.4 Å². The van der Waals surface area contributed by atoms with Crippen LogP contribution in [0.25, 0.3) is 0 Å². The van der Waals surface area contributed by atoms with Crippen molar-refractivity contribution in [2.24, 2.45) is 0 Å². The van der Waals surface area contributed by atoms with Crippen molar-refractivity contribution in [3.05, 3.63) is 89.0 Å². The lowest BCUT2D eigenvalue weighted by Crippen LogP contribution is -2.11. The molecule has 3 aromatic rings. The van der Waals surface area contributed by atoms with Crippen molar-refractivity contribution in [1.82, 2.24) is 0 Å². The molecule has 36 heavy (non-hydrogen) atoms. The van der Waals surface area contributed by atoms with E-state index in [0.29, 0.717) is 17.9 Å². The van der Waals surface area contributed by atoms with Gasteiger partial charge < -0.3 is 14.2 Å². The summed E-state index contributed by atoms with van der Waals surface area (Å²) in [4.78, 5) is 24.7. The standard InChI is InChI=1S/C28H25F2NO5/c1-2-3-4-5-6-17-34-22-12-7-19(8-13-22)27(32)35-23-14-9-20(10-15-23)28(33)36-24-16-11-21(18-31)25(29)26(24)30/h7-16H,2-6,17H2,1H3. The number of rotatable bonds is 11. The zero-order chi connectivity index (χ0) is 25.9. The van der Waals surface area contributed by atoms with Gasteiger partial charge >= 0.3 is 11.9 Å². The van der Waals surface area contributed by atoms with Crippen LogP contribution >= 0.6 is 0 Å². The SMILES string of the molecule is CCCCCCCOc1ccc(C(=O)Oc2ccc(C(=O)Oc3ccc(C#N)c(F)c3F)cc2)cc1. The van der Waals surface area contributed by atoms with E-state index in [1.165, 1.54) is 49.6 Å². The van der Waals surface area contributed by atoms with Gasteiger partial charge in [-0.25, -0.2) is 14.0 Å². The Bertz CT molecular complexity index is 1230. The highest BCUT2D eigenvalue weighted by Gasteiger charge is 2.18. The van der Waals surface area contributed by atoms with E-state index in [2.05, 4.69) is 6.92 Å². The molecule has 8 heteroatoms. The first-order chi connectivity index (χ1) is 17.4. The topological polar surface area (TPSA) is 85.6 Å². The summed E-state index contributed by atoms with van der Waals surface area (Å²) in [5.74, 6) is -4.16. The summed E-state index contributed by atoms with van der Waals surface area (Å²) >= 11 is 0. The van der Waals surface area contributed by atoms with Gasteiger partial charge in [0.2, 0.25) is 5.82 Å². The maximum Gasteiger partial charge on any atom is 0.343 e. The third kappa shape index (κ3) is 7.12. The summed E-state index contributed by atoms with van der Waals surface area (Å²) in [7, 11) is 0. The van der Waals surface area contributed by atoms with Crippen molar-refractivity contribution < 1.29 is 32.6 Å². The molecule has 0 radical (unpaired) electrons. The molecule has 0 aliphatic rings. The van der Waals surface area contributed by atoms with Crippen LogP contribution in [-0.4, -0.2) is 18.5 Å². The molecule has 0 spiro atoms. The summed E-state index contributed by atoms with van der Waals surface area (Å²) in [6.07, 6.45) is 5.72. The first kappa shape index (κ1) is 26.4. The molecular weight excluding hydrogens is 468 g/mol. The van der Waals surface area contributed by atoms with Crippen LogP contribution in [0.5, 0.6) is 17.2 Å². The minimum Gasteiger partial charge on any atom is -0.494 e. The van der Waals surface area contributed by atoms with Crippen molar-refractivity contribution in [1.29, 1.82) is 5.26 Å². The third-order valence-electron chi connectivity index (χ3n) is 5.28. The predicted octanol–water partition coefficient (Wildman–Crippen LogP) is 6.62. The smallest absolute Gasteiger partial charge is 0.343 e. The first-order valence-electron chi connectivity index (χ1n) is 11.6. The summed E-state index contributed by atoms with van der Waals surface area (Å²) in [5.41, 5.74) is -0.152. The van der Waals surface area contributed by atoms with Crippen molar-refractivity contribution in [2.75, 3.05) is 6.61 Å². The predicted molar refractivity (Wildman–Crippen MR) is 128 cm³/mol. The minimum atomic E-state index is -1.43. The van der Waals surface area contributed by atoms with Crippen molar-refractivity contribution in [3.8, 4) is 23.3 Å². The Balaban J connectivity index is 1.52. The maximum absolute atomic E-state index is 14.0. The summed E-state index contributed by atoms with van der Waals surface area (Å²) in [6, 6.07) is 15.5. The molecule has 0 N–H and O–H groups in total. The molecule has 0 unspecified atom stereocenters. The second-order valence-electron chi connectivity index (χ2n) is 7.94. The second-order valence-corrected chi connectivity index (χ2v) is 7.94. The van der Waals surface area contributed by atoms with Gasteiger partial charge in [0.15, 0.2) is 11.6 Å². The van der Waals surface area contributed by atoms with E-state index < -0.39 is 34.9 Å². The number of hydrogen-bond donors (Lipinski definition) is 0. The van der Waals surface area contributed by atoms with Crippen LogP contribution in [0.2, 0.25) is 0 Å². The molecule has 6 nitrogen and oxygen atoms in total. The van der Waals surface area contributed by atoms with Gasteiger partial charge in [-0.15, -0.1) is 0 Å². The maximum atomic E-state index is 14.0. The molecule has 0 saturated heterocycles. The molecule has 0 aliphatic heterocycles.